The van der Waals surface area contributed by atoms with Crippen molar-refractivity contribution < 1.29 is 24.5 Å². The van der Waals surface area contributed by atoms with Crippen LogP contribution in [0.2, 0.25) is 0 Å². The molecule has 2 saturated heterocycles. The first kappa shape index (κ1) is 17.8. The number of nitrogens with one attached hydrogen (secondary N) is 1. The molecule has 2 aliphatic rings. The zero-order chi connectivity index (χ0) is 19.2. The average molecular weight is 373 g/mol. The third-order valence-electron chi connectivity index (χ3n) is 4.95. The Bertz CT molecular complexity index is 930. The fourth-order valence-electron chi connectivity index (χ4n) is 3.40. The van der Waals surface area contributed by atoms with Crippen LogP contribution < -0.4 is 11.0 Å². The zero-order valence-corrected chi connectivity index (χ0v) is 14.5. The topological polar surface area (TPSA) is 123 Å². The second kappa shape index (κ2) is 6.54. The Kier molecular flexibility index (Phi) is 4.31. The van der Waals surface area contributed by atoms with Crippen LogP contribution in [0.4, 0.5) is 5.82 Å². The van der Waals surface area contributed by atoms with E-state index in [0.29, 0.717) is 11.1 Å². The molecule has 1 aromatic heterocycles. The van der Waals surface area contributed by atoms with Crippen LogP contribution in [0, 0.1) is 6.92 Å². The van der Waals surface area contributed by atoms with Gasteiger partial charge >= 0.3 is 5.69 Å². The maximum Gasteiger partial charge on any atom is 0.351 e. The highest BCUT2D eigenvalue weighted by atomic mass is 16.7. The summed E-state index contributed by atoms with van der Waals surface area (Å²) in [6.45, 7) is 1.32. The molecule has 1 amide bonds. The lowest BCUT2D eigenvalue weighted by Gasteiger charge is -2.29. The van der Waals surface area contributed by atoms with Crippen molar-refractivity contribution in [3.05, 3.63) is 58.1 Å². The van der Waals surface area contributed by atoms with Gasteiger partial charge in [-0.05, 0) is 19.1 Å². The highest BCUT2D eigenvalue weighted by molar-refractivity contribution is 6.03. The third kappa shape index (κ3) is 2.85. The number of hydrogen-bond acceptors (Lipinski definition) is 7. The zero-order valence-electron chi connectivity index (χ0n) is 14.5. The van der Waals surface area contributed by atoms with Crippen LogP contribution in [-0.4, -0.2) is 56.7 Å². The Morgan fingerprint density at radius 2 is 2.15 bits per heavy atom. The minimum absolute atomic E-state index is 0.0538. The highest BCUT2D eigenvalue weighted by Gasteiger charge is 2.61. The fraction of sp³-hybridized carbons (Fsp3) is 0.389. The van der Waals surface area contributed by atoms with Gasteiger partial charge in [0.25, 0.3) is 5.91 Å². The van der Waals surface area contributed by atoms with Gasteiger partial charge in [-0.3, -0.25) is 9.36 Å². The molecule has 9 heteroatoms. The normalized spacial score (nSPS) is 29.1. The molecule has 0 spiro atoms. The van der Waals surface area contributed by atoms with Gasteiger partial charge in [-0.1, -0.05) is 18.2 Å². The van der Waals surface area contributed by atoms with Crippen molar-refractivity contribution in [3.63, 3.8) is 0 Å². The molecule has 2 aliphatic heterocycles. The number of nitrogens with zero attached hydrogens (tertiary/aromatic N) is 2. The van der Waals surface area contributed by atoms with Gasteiger partial charge in [-0.2, -0.15) is 4.98 Å². The molecule has 142 valence electrons. The van der Waals surface area contributed by atoms with Crippen LogP contribution in [0.3, 0.4) is 0 Å². The second-order valence-corrected chi connectivity index (χ2v) is 6.73. The van der Waals surface area contributed by atoms with Gasteiger partial charge in [0, 0.05) is 17.3 Å². The lowest BCUT2D eigenvalue weighted by atomic mass is 10.0. The first-order valence-corrected chi connectivity index (χ1v) is 8.50. The summed E-state index contributed by atoms with van der Waals surface area (Å²) in [7, 11) is 0. The molecule has 2 fully saturated rings. The molecule has 27 heavy (non-hydrogen) atoms. The van der Waals surface area contributed by atoms with Crippen LogP contribution >= 0.6 is 0 Å². The smallest absolute Gasteiger partial charge is 0.351 e. The quantitative estimate of drug-likeness (QED) is 0.680. The second-order valence-electron chi connectivity index (χ2n) is 6.73. The van der Waals surface area contributed by atoms with Crippen LogP contribution in [-0.2, 0) is 9.47 Å². The van der Waals surface area contributed by atoms with E-state index in [9.17, 15) is 19.8 Å². The van der Waals surface area contributed by atoms with Crippen molar-refractivity contribution in [2.75, 3.05) is 18.5 Å². The molecule has 2 aromatic rings. The van der Waals surface area contributed by atoms with Gasteiger partial charge in [0.1, 0.15) is 23.6 Å². The first-order valence-electron chi connectivity index (χ1n) is 8.50. The van der Waals surface area contributed by atoms with Gasteiger partial charge < -0.3 is 25.0 Å². The van der Waals surface area contributed by atoms with E-state index < -0.39 is 36.3 Å². The molecule has 0 saturated carbocycles. The van der Waals surface area contributed by atoms with E-state index in [0.717, 1.165) is 0 Å². The number of rotatable bonds is 4. The number of amides is 1. The molecule has 3 N–H and O–H groups in total. The molecule has 4 unspecified atom stereocenters. The predicted molar refractivity (Wildman–Crippen MR) is 93.3 cm³/mol. The van der Waals surface area contributed by atoms with E-state index in [2.05, 4.69) is 10.3 Å². The van der Waals surface area contributed by atoms with Crippen molar-refractivity contribution in [3.8, 4) is 0 Å². The van der Waals surface area contributed by atoms with Gasteiger partial charge in [-0.15, -0.1) is 0 Å². The molecular weight excluding hydrogens is 354 g/mol. The molecule has 3 heterocycles. The van der Waals surface area contributed by atoms with Crippen LogP contribution in [0.15, 0.2) is 41.3 Å². The van der Waals surface area contributed by atoms with E-state index in [1.54, 1.807) is 37.3 Å². The lowest BCUT2D eigenvalue weighted by Crippen LogP contribution is -2.44. The van der Waals surface area contributed by atoms with Crippen molar-refractivity contribution in [2.24, 2.45) is 0 Å². The molecule has 0 aliphatic carbocycles. The van der Waals surface area contributed by atoms with Crippen LogP contribution in [0.1, 0.15) is 22.1 Å². The number of aliphatic hydroxyl groups is 2. The Labute approximate surface area is 154 Å². The van der Waals surface area contributed by atoms with Gasteiger partial charge in [0.15, 0.2) is 6.23 Å². The summed E-state index contributed by atoms with van der Waals surface area (Å²) in [4.78, 5) is 28.7. The molecule has 1 aromatic carbocycles. The number of benzene rings is 1. The summed E-state index contributed by atoms with van der Waals surface area (Å²) in [6, 6.07) is 8.58. The van der Waals surface area contributed by atoms with E-state index in [-0.39, 0.29) is 18.3 Å². The minimum Gasteiger partial charge on any atom is -0.393 e. The predicted octanol–water partition coefficient (Wildman–Crippen LogP) is -0.176. The molecular formula is C18H19N3O6. The number of carbonyl (C=O) groups is 1. The average Bonchev–Trinajstić information content (AvgIpc) is 3.15. The number of aromatic nitrogens is 2. The first-order chi connectivity index (χ1) is 12.9. The van der Waals surface area contributed by atoms with Crippen molar-refractivity contribution in [1.29, 1.82) is 0 Å². The van der Waals surface area contributed by atoms with Gasteiger partial charge in [0.05, 0.1) is 13.2 Å². The Morgan fingerprint density at radius 1 is 1.41 bits per heavy atom. The number of ether oxygens (including phenoxy) is 2. The lowest BCUT2D eigenvalue weighted by molar-refractivity contribution is -0.187. The number of aryl methyl sites for hydroxylation is 1. The third-order valence-corrected chi connectivity index (χ3v) is 4.95. The van der Waals surface area contributed by atoms with Crippen molar-refractivity contribution >= 4 is 11.7 Å². The molecule has 0 radical (unpaired) electrons. The summed E-state index contributed by atoms with van der Waals surface area (Å²) in [5.41, 5.74) is -0.910. The Hall–Kier alpha value is -2.59. The van der Waals surface area contributed by atoms with E-state index in [1.807, 2.05) is 0 Å². The van der Waals surface area contributed by atoms with Crippen LogP contribution in [0.5, 0.6) is 0 Å². The summed E-state index contributed by atoms with van der Waals surface area (Å²) in [5, 5.41) is 22.4. The fourth-order valence-corrected chi connectivity index (χ4v) is 3.40. The molecule has 4 rings (SSSR count). The van der Waals surface area contributed by atoms with Gasteiger partial charge in [-0.25, -0.2) is 4.79 Å². The van der Waals surface area contributed by atoms with E-state index in [1.165, 1.54) is 10.8 Å². The number of fused-ring (bicyclic) bond motifs is 2. The van der Waals surface area contributed by atoms with E-state index in [4.69, 9.17) is 9.47 Å². The number of anilines is 1. The monoisotopic (exact) mass is 373 g/mol. The number of carbonyl (C=O) groups excluding carboxylic acids is 1. The number of aliphatic hydroxyl groups excluding tert-OH is 2. The highest BCUT2D eigenvalue weighted by Crippen LogP contribution is 2.44. The van der Waals surface area contributed by atoms with E-state index >= 15 is 0 Å². The largest absolute Gasteiger partial charge is 0.393 e. The maximum absolute atomic E-state index is 12.5. The summed E-state index contributed by atoms with van der Waals surface area (Å²) >= 11 is 0. The van der Waals surface area contributed by atoms with Crippen molar-refractivity contribution in [1.82, 2.24) is 9.55 Å². The number of hydrogen-bond donors (Lipinski definition) is 3. The minimum atomic E-state index is -1.23. The van der Waals surface area contributed by atoms with Crippen LogP contribution in [0.25, 0.3) is 0 Å². The maximum atomic E-state index is 12.5. The summed E-state index contributed by atoms with van der Waals surface area (Å²) in [6.07, 6.45) is -1.24. The van der Waals surface area contributed by atoms with Crippen molar-refractivity contribution in [2.45, 2.75) is 31.0 Å². The van der Waals surface area contributed by atoms with Gasteiger partial charge in [0.2, 0.25) is 0 Å². The molecule has 4 atom stereocenters. The Morgan fingerprint density at radius 3 is 2.81 bits per heavy atom. The molecule has 2 bridgehead atoms. The SMILES string of the molecule is Cc1cn(C2OC3(CO)COC2C3O)c(=O)nc1NC(=O)c1ccccc1. The molecule has 9 nitrogen and oxygen atoms in total. The Balaban J connectivity index is 1.60. The standard InChI is InChI=1S/C18H19N3O6/c1-10-7-21(16-12-13(23)18(8-22,27-16)9-26-12)17(25)20-14(10)19-15(24)11-5-3-2-4-6-11/h2-7,12-13,16,22-23H,8-9H2,1H3,(H,19,20,24,25). The summed E-state index contributed by atoms with van der Waals surface area (Å²) in [5.74, 6) is -0.232. The summed E-state index contributed by atoms with van der Waals surface area (Å²) < 4.78 is 12.4.